The van der Waals surface area contributed by atoms with E-state index in [1.807, 2.05) is 29.8 Å². The Labute approximate surface area is 152 Å². The zero-order valence-electron chi connectivity index (χ0n) is 13.7. The number of nitrogens with zero attached hydrogens (tertiary/aromatic N) is 5. The molecule has 1 aromatic carbocycles. The van der Waals surface area contributed by atoms with Gasteiger partial charge in [0.15, 0.2) is 22.5 Å². The van der Waals surface area contributed by atoms with E-state index < -0.39 is 0 Å². The zero-order chi connectivity index (χ0) is 17.9. The first kappa shape index (κ1) is 16.3. The summed E-state index contributed by atoms with van der Waals surface area (Å²) in [5, 5.41) is 11.6. The SMILES string of the molecule is Cn1c(SCC(=O)Nc2ncccn2)nnc1-c1ccc2c(c1)OCO2. The number of ether oxygens (including phenoxy) is 2. The number of hydrogen-bond donors (Lipinski definition) is 1. The van der Waals surface area contributed by atoms with Crippen LogP contribution in [-0.2, 0) is 11.8 Å². The van der Waals surface area contributed by atoms with Crippen LogP contribution in [0, 0.1) is 0 Å². The van der Waals surface area contributed by atoms with Crippen molar-refractivity contribution in [3.63, 3.8) is 0 Å². The van der Waals surface area contributed by atoms with Crippen LogP contribution in [0.5, 0.6) is 11.5 Å². The van der Waals surface area contributed by atoms with E-state index in [2.05, 4.69) is 25.5 Å². The molecule has 0 unspecified atom stereocenters. The quantitative estimate of drug-likeness (QED) is 0.677. The van der Waals surface area contributed by atoms with Gasteiger partial charge >= 0.3 is 0 Å². The maximum Gasteiger partial charge on any atom is 0.237 e. The molecule has 0 aliphatic carbocycles. The van der Waals surface area contributed by atoms with Crippen LogP contribution in [0.4, 0.5) is 5.95 Å². The zero-order valence-corrected chi connectivity index (χ0v) is 14.6. The highest BCUT2D eigenvalue weighted by Crippen LogP contribution is 2.35. The third-order valence-corrected chi connectivity index (χ3v) is 4.64. The third kappa shape index (κ3) is 3.31. The van der Waals surface area contributed by atoms with E-state index in [4.69, 9.17) is 9.47 Å². The number of aromatic nitrogens is 5. The molecule has 1 aliphatic heterocycles. The summed E-state index contributed by atoms with van der Waals surface area (Å²) in [5.41, 5.74) is 0.859. The molecule has 0 bridgehead atoms. The number of hydrogen-bond acceptors (Lipinski definition) is 8. The molecule has 26 heavy (non-hydrogen) atoms. The molecule has 0 atom stereocenters. The highest BCUT2D eigenvalue weighted by molar-refractivity contribution is 7.99. The first-order valence-electron chi connectivity index (χ1n) is 7.70. The van der Waals surface area contributed by atoms with Gasteiger partial charge in [-0.2, -0.15) is 0 Å². The molecule has 1 amide bonds. The minimum Gasteiger partial charge on any atom is -0.454 e. The Morgan fingerprint density at radius 1 is 1.23 bits per heavy atom. The molecule has 3 heterocycles. The summed E-state index contributed by atoms with van der Waals surface area (Å²) < 4.78 is 12.5. The van der Waals surface area contributed by atoms with Gasteiger partial charge in [-0.15, -0.1) is 10.2 Å². The smallest absolute Gasteiger partial charge is 0.237 e. The molecule has 10 heteroatoms. The van der Waals surface area contributed by atoms with E-state index in [0.717, 1.165) is 5.56 Å². The topological polar surface area (TPSA) is 104 Å². The Kier molecular flexibility index (Phi) is 4.40. The summed E-state index contributed by atoms with van der Waals surface area (Å²) in [6.07, 6.45) is 3.13. The van der Waals surface area contributed by atoms with Crippen LogP contribution in [-0.4, -0.2) is 43.2 Å². The van der Waals surface area contributed by atoms with Gasteiger partial charge in [0, 0.05) is 25.0 Å². The maximum absolute atomic E-state index is 12.0. The van der Waals surface area contributed by atoms with Crippen LogP contribution >= 0.6 is 11.8 Å². The summed E-state index contributed by atoms with van der Waals surface area (Å²) in [6.45, 7) is 0.221. The van der Waals surface area contributed by atoms with Gasteiger partial charge in [-0.3, -0.25) is 10.1 Å². The Morgan fingerprint density at radius 2 is 2.04 bits per heavy atom. The number of amides is 1. The van der Waals surface area contributed by atoms with Crippen LogP contribution in [0.2, 0.25) is 0 Å². The lowest BCUT2D eigenvalue weighted by molar-refractivity contribution is -0.113. The molecule has 0 saturated heterocycles. The average molecular weight is 370 g/mol. The summed E-state index contributed by atoms with van der Waals surface area (Å²) in [4.78, 5) is 19.9. The second-order valence-electron chi connectivity index (χ2n) is 5.34. The lowest BCUT2D eigenvalue weighted by atomic mass is 10.2. The largest absolute Gasteiger partial charge is 0.454 e. The van der Waals surface area contributed by atoms with Crippen LogP contribution < -0.4 is 14.8 Å². The molecule has 0 fully saturated rings. The van der Waals surface area contributed by atoms with Crippen LogP contribution in [0.15, 0.2) is 41.8 Å². The predicted molar refractivity (Wildman–Crippen MR) is 93.9 cm³/mol. The summed E-state index contributed by atoms with van der Waals surface area (Å²) in [5.74, 6) is 2.31. The lowest BCUT2D eigenvalue weighted by Gasteiger charge is -2.05. The molecule has 1 N–H and O–H groups in total. The molecule has 1 aliphatic rings. The van der Waals surface area contributed by atoms with Gasteiger partial charge in [0.05, 0.1) is 5.75 Å². The van der Waals surface area contributed by atoms with Crippen molar-refractivity contribution in [2.24, 2.45) is 7.05 Å². The normalized spacial score (nSPS) is 12.2. The molecular formula is C16H14N6O3S. The Morgan fingerprint density at radius 3 is 2.88 bits per heavy atom. The van der Waals surface area contributed by atoms with Crippen LogP contribution in [0.25, 0.3) is 11.4 Å². The van der Waals surface area contributed by atoms with Gasteiger partial charge in [0.25, 0.3) is 0 Å². The van der Waals surface area contributed by atoms with E-state index in [9.17, 15) is 4.79 Å². The van der Waals surface area contributed by atoms with E-state index in [1.54, 1.807) is 18.5 Å². The second kappa shape index (κ2) is 7.00. The third-order valence-electron chi connectivity index (χ3n) is 3.62. The van der Waals surface area contributed by atoms with E-state index in [-0.39, 0.29) is 24.4 Å². The highest BCUT2D eigenvalue weighted by atomic mass is 32.2. The highest BCUT2D eigenvalue weighted by Gasteiger charge is 2.18. The van der Waals surface area contributed by atoms with Crippen molar-refractivity contribution < 1.29 is 14.3 Å². The van der Waals surface area contributed by atoms with Crippen molar-refractivity contribution in [3.05, 3.63) is 36.7 Å². The van der Waals surface area contributed by atoms with Crippen molar-refractivity contribution in [2.75, 3.05) is 17.9 Å². The Bertz CT molecular complexity index is 946. The molecule has 2 aromatic heterocycles. The van der Waals surface area contributed by atoms with Gasteiger partial charge in [-0.25, -0.2) is 9.97 Å². The number of carbonyl (C=O) groups is 1. The van der Waals surface area contributed by atoms with Crippen molar-refractivity contribution in [3.8, 4) is 22.9 Å². The molecule has 3 aromatic rings. The minimum absolute atomic E-state index is 0.172. The van der Waals surface area contributed by atoms with E-state index in [0.29, 0.717) is 22.5 Å². The average Bonchev–Trinajstić information content (AvgIpc) is 3.26. The number of rotatable bonds is 5. The fourth-order valence-electron chi connectivity index (χ4n) is 2.38. The summed E-state index contributed by atoms with van der Waals surface area (Å²) in [7, 11) is 1.85. The monoisotopic (exact) mass is 370 g/mol. The molecule has 0 saturated carbocycles. The van der Waals surface area contributed by atoms with Crippen molar-refractivity contribution in [1.29, 1.82) is 0 Å². The number of carbonyl (C=O) groups excluding carboxylic acids is 1. The van der Waals surface area contributed by atoms with E-state index >= 15 is 0 Å². The second-order valence-corrected chi connectivity index (χ2v) is 6.28. The minimum atomic E-state index is -0.214. The molecule has 0 radical (unpaired) electrons. The van der Waals surface area contributed by atoms with Crippen LogP contribution in [0.3, 0.4) is 0 Å². The molecular weight excluding hydrogens is 356 g/mol. The molecule has 9 nitrogen and oxygen atoms in total. The van der Waals surface area contributed by atoms with Gasteiger partial charge in [0.1, 0.15) is 0 Å². The lowest BCUT2D eigenvalue weighted by Crippen LogP contribution is -2.16. The number of fused-ring (bicyclic) bond motifs is 1. The number of thioether (sulfide) groups is 1. The van der Waals surface area contributed by atoms with Crippen molar-refractivity contribution in [2.45, 2.75) is 5.16 Å². The number of benzene rings is 1. The number of nitrogens with one attached hydrogen (secondary N) is 1. The van der Waals surface area contributed by atoms with Gasteiger partial charge in [0.2, 0.25) is 18.6 Å². The van der Waals surface area contributed by atoms with Crippen LogP contribution in [0.1, 0.15) is 0 Å². The van der Waals surface area contributed by atoms with E-state index in [1.165, 1.54) is 11.8 Å². The fourth-order valence-corrected chi connectivity index (χ4v) is 3.09. The first-order valence-corrected chi connectivity index (χ1v) is 8.68. The standard InChI is InChI=1S/C16H14N6O3S/c1-22-14(10-3-4-11-12(7-10)25-9-24-11)20-21-16(22)26-8-13(23)19-15-17-5-2-6-18-15/h2-7H,8-9H2,1H3,(H,17,18,19,23). The number of anilines is 1. The predicted octanol–water partition coefficient (Wildman–Crippen LogP) is 1.73. The summed E-state index contributed by atoms with van der Waals surface area (Å²) >= 11 is 1.28. The maximum atomic E-state index is 12.0. The summed E-state index contributed by atoms with van der Waals surface area (Å²) in [6, 6.07) is 7.28. The molecule has 132 valence electrons. The van der Waals surface area contributed by atoms with Crippen molar-refractivity contribution >= 4 is 23.6 Å². The Balaban J connectivity index is 1.43. The Hall–Kier alpha value is -3.14. The van der Waals surface area contributed by atoms with Gasteiger partial charge in [-0.1, -0.05) is 11.8 Å². The van der Waals surface area contributed by atoms with Gasteiger partial charge < -0.3 is 14.0 Å². The van der Waals surface area contributed by atoms with Crippen molar-refractivity contribution in [1.82, 2.24) is 24.7 Å². The fraction of sp³-hybridized carbons (Fsp3) is 0.188. The van der Waals surface area contributed by atoms with Gasteiger partial charge in [-0.05, 0) is 24.3 Å². The first-order chi connectivity index (χ1) is 12.7. The molecule has 4 rings (SSSR count). The molecule has 0 spiro atoms.